The van der Waals surface area contributed by atoms with E-state index in [0.29, 0.717) is 4.59 Å². The molecule has 8 heavy (non-hydrogen) atoms. The van der Waals surface area contributed by atoms with E-state index in [0.717, 1.165) is 4.73 Å². The first-order valence-corrected chi connectivity index (χ1v) is 3.11. The van der Waals surface area contributed by atoms with E-state index in [9.17, 15) is 5.21 Å². The van der Waals surface area contributed by atoms with Crippen LogP contribution < -0.4 is 9.32 Å². The van der Waals surface area contributed by atoms with Crippen molar-refractivity contribution in [1.29, 1.82) is 0 Å². The van der Waals surface area contributed by atoms with Crippen molar-refractivity contribution >= 4 is 20.6 Å². The van der Waals surface area contributed by atoms with Gasteiger partial charge >= 0.3 is 54.9 Å². The second-order valence-electron chi connectivity index (χ2n) is 1.38. The van der Waals surface area contributed by atoms with E-state index in [1.165, 1.54) is 6.20 Å². The van der Waals surface area contributed by atoms with Crippen LogP contribution in [-0.4, -0.2) is 16.0 Å². The zero-order valence-electron chi connectivity index (χ0n) is 4.11. The molecule has 0 amide bonds. The molecule has 0 aliphatic heterocycles. The van der Waals surface area contributed by atoms with Gasteiger partial charge in [0.2, 0.25) is 0 Å². The SMILES string of the molecule is [O-][n+]1ccccc1[SeH]. The minimum atomic E-state index is 0.667. The maximum atomic E-state index is 10.5. The molecule has 42 valence electrons. The summed E-state index contributed by atoms with van der Waals surface area (Å²) in [6, 6.07) is 5.26. The van der Waals surface area contributed by atoms with Gasteiger partial charge in [0.05, 0.1) is 0 Å². The summed E-state index contributed by atoms with van der Waals surface area (Å²) in [5.41, 5.74) is 0. The molecule has 0 spiro atoms. The van der Waals surface area contributed by atoms with Crippen LogP contribution in [0.4, 0.5) is 0 Å². The molecule has 0 saturated carbocycles. The molecule has 0 atom stereocenters. The van der Waals surface area contributed by atoms with E-state index >= 15 is 0 Å². The van der Waals surface area contributed by atoms with Gasteiger partial charge in [-0.2, -0.15) is 0 Å². The fourth-order valence-corrected chi connectivity index (χ4v) is 0.740. The Balaban J connectivity index is 3.13. The summed E-state index contributed by atoms with van der Waals surface area (Å²) in [6.07, 6.45) is 1.47. The van der Waals surface area contributed by atoms with E-state index in [1.54, 1.807) is 12.1 Å². The second-order valence-corrected chi connectivity index (χ2v) is 2.35. The molecular weight excluding hydrogens is 169 g/mol. The van der Waals surface area contributed by atoms with Crippen LogP contribution in [0, 0.1) is 5.21 Å². The molecule has 0 aromatic carbocycles. The van der Waals surface area contributed by atoms with Crippen LogP contribution in [-0.2, 0) is 0 Å². The molecule has 0 N–H and O–H groups in total. The van der Waals surface area contributed by atoms with Crippen molar-refractivity contribution in [2.45, 2.75) is 0 Å². The summed E-state index contributed by atoms with van der Waals surface area (Å²) in [5, 5.41) is 10.5. The molecule has 1 aromatic heterocycles. The molecular formula is C5H5NOSe. The van der Waals surface area contributed by atoms with Gasteiger partial charge in [0.25, 0.3) is 0 Å². The first-order valence-electron chi connectivity index (χ1n) is 2.18. The van der Waals surface area contributed by atoms with Crippen molar-refractivity contribution in [2.75, 3.05) is 0 Å². The number of nitrogens with zero attached hydrogens (tertiary/aromatic N) is 1. The Hall–Kier alpha value is -0.531. The van der Waals surface area contributed by atoms with Gasteiger partial charge in [-0.15, -0.1) is 0 Å². The van der Waals surface area contributed by atoms with Crippen molar-refractivity contribution in [3.8, 4) is 0 Å². The fourth-order valence-electron chi connectivity index (χ4n) is 0.419. The molecule has 2 nitrogen and oxygen atoms in total. The van der Waals surface area contributed by atoms with Crippen molar-refractivity contribution in [2.24, 2.45) is 0 Å². The zero-order valence-corrected chi connectivity index (χ0v) is 5.99. The predicted octanol–water partition coefficient (Wildman–Crippen LogP) is -1.15. The number of aromatic nitrogens is 1. The second kappa shape index (κ2) is 2.16. The van der Waals surface area contributed by atoms with Gasteiger partial charge in [0.15, 0.2) is 0 Å². The van der Waals surface area contributed by atoms with Crippen LogP contribution in [0.3, 0.4) is 0 Å². The van der Waals surface area contributed by atoms with E-state index < -0.39 is 0 Å². The van der Waals surface area contributed by atoms with Crippen molar-refractivity contribution in [1.82, 2.24) is 0 Å². The summed E-state index contributed by atoms with van der Waals surface area (Å²) in [7, 11) is 0. The van der Waals surface area contributed by atoms with Crippen molar-refractivity contribution in [3.63, 3.8) is 0 Å². The van der Waals surface area contributed by atoms with Gasteiger partial charge in [-0.05, 0) is 0 Å². The molecule has 0 bridgehead atoms. The average molecular weight is 174 g/mol. The van der Waals surface area contributed by atoms with Crippen LogP contribution in [0.2, 0.25) is 0 Å². The topological polar surface area (TPSA) is 26.9 Å². The summed E-state index contributed by atoms with van der Waals surface area (Å²) in [6.45, 7) is 0. The van der Waals surface area contributed by atoms with Gasteiger partial charge in [0.1, 0.15) is 0 Å². The van der Waals surface area contributed by atoms with Gasteiger partial charge in [0, 0.05) is 0 Å². The Morgan fingerprint density at radius 1 is 1.50 bits per heavy atom. The zero-order chi connectivity index (χ0) is 5.98. The minimum absolute atomic E-state index is 0.667. The standard InChI is InChI=1S/C5H5NOSe/c7-6-4-2-1-3-5(6)8/h1-4,8H. The molecule has 1 rings (SSSR count). The van der Waals surface area contributed by atoms with Gasteiger partial charge in [-0.1, -0.05) is 0 Å². The third kappa shape index (κ3) is 0.997. The Bertz CT molecular complexity index is 169. The molecule has 0 fully saturated rings. The number of hydrogen-bond donors (Lipinski definition) is 0. The Kier molecular flexibility index (Phi) is 1.51. The fraction of sp³-hybridized carbons (Fsp3) is 0. The number of pyridine rings is 1. The molecule has 0 aliphatic carbocycles. The molecule has 0 unspecified atom stereocenters. The maximum absolute atomic E-state index is 10.5. The molecule has 0 radical (unpaired) electrons. The molecule has 1 heterocycles. The number of rotatable bonds is 0. The predicted molar refractivity (Wildman–Crippen MR) is 32.2 cm³/mol. The van der Waals surface area contributed by atoms with E-state index in [2.05, 4.69) is 16.0 Å². The van der Waals surface area contributed by atoms with Crippen molar-refractivity contribution < 1.29 is 4.73 Å². The summed E-state index contributed by atoms with van der Waals surface area (Å²) < 4.78 is 1.47. The quantitative estimate of drug-likeness (QED) is 0.277. The van der Waals surface area contributed by atoms with Gasteiger partial charge in [-0.3, -0.25) is 0 Å². The van der Waals surface area contributed by atoms with Crippen LogP contribution in [0.5, 0.6) is 0 Å². The molecule has 1 aromatic rings. The summed E-state index contributed by atoms with van der Waals surface area (Å²) in [5.74, 6) is 0. The van der Waals surface area contributed by atoms with E-state index in [4.69, 9.17) is 0 Å². The van der Waals surface area contributed by atoms with Crippen molar-refractivity contribution in [3.05, 3.63) is 29.6 Å². The number of hydrogen-bond acceptors (Lipinski definition) is 1. The van der Waals surface area contributed by atoms with Crippen LogP contribution in [0.1, 0.15) is 0 Å². The van der Waals surface area contributed by atoms with Gasteiger partial charge in [-0.25, -0.2) is 0 Å². The van der Waals surface area contributed by atoms with Crippen LogP contribution in [0.25, 0.3) is 0 Å². The van der Waals surface area contributed by atoms with Crippen LogP contribution >= 0.6 is 0 Å². The normalized spacial score (nSPS) is 9.12. The first kappa shape index (κ1) is 5.60. The van der Waals surface area contributed by atoms with Gasteiger partial charge < -0.3 is 0 Å². The van der Waals surface area contributed by atoms with Crippen LogP contribution in [0.15, 0.2) is 24.4 Å². The first-order chi connectivity index (χ1) is 3.80. The molecule has 0 aliphatic rings. The van der Waals surface area contributed by atoms with E-state index in [1.807, 2.05) is 6.07 Å². The summed E-state index contributed by atoms with van der Waals surface area (Å²) >= 11 is 2.20. The van der Waals surface area contributed by atoms with E-state index in [-0.39, 0.29) is 0 Å². The summed E-state index contributed by atoms with van der Waals surface area (Å²) in [4.78, 5) is 0. The third-order valence-electron chi connectivity index (χ3n) is 0.804. The monoisotopic (exact) mass is 175 g/mol. The molecule has 0 saturated heterocycles. The Morgan fingerprint density at radius 2 is 2.25 bits per heavy atom. The average Bonchev–Trinajstić information content (AvgIpc) is 1.77. The Labute approximate surface area is 55.5 Å². The molecule has 3 heteroatoms. The third-order valence-corrected chi connectivity index (χ3v) is 1.53. The Morgan fingerprint density at radius 3 is 2.62 bits per heavy atom.